The SMILES string of the molecule is CN(C)c1ccccc1C(=O)CS(C)(C)Br. The van der Waals surface area contributed by atoms with E-state index in [1.54, 1.807) is 0 Å². The first-order valence-corrected chi connectivity index (χ1v) is 9.47. The van der Waals surface area contributed by atoms with Gasteiger partial charge in [0.2, 0.25) is 0 Å². The second-order valence-corrected chi connectivity index (χ2v) is 12.7. The van der Waals surface area contributed by atoms with Gasteiger partial charge in [0.15, 0.2) is 5.78 Å². The van der Waals surface area contributed by atoms with Crippen molar-refractivity contribution in [2.75, 3.05) is 37.3 Å². The van der Waals surface area contributed by atoms with E-state index in [4.69, 9.17) is 0 Å². The first-order valence-electron chi connectivity index (χ1n) is 5.01. The predicted molar refractivity (Wildman–Crippen MR) is 78.3 cm³/mol. The lowest BCUT2D eigenvalue weighted by atomic mass is 10.1. The summed E-state index contributed by atoms with van der Waals surface area (Å²) in [7, 11) is 2.94. The lowest BCUT2D eigenvalue weighted by Crippen LogP contribution is -2.16. The van der Waals surface area contributed by atoms with Crippen LogP contribution in [-0.4, -0.2) is 38.1 Å². The number of carbonyl (C=O) groups excluding carboxylic acids is 1. The summed E-state index contributed by atoms with van der Waals surface area (Å²) in [6.07, 6.45) is 4.17. The van der Waals surface area contributed by atoms with E-state index in [0.717, 1.165) is 11.3 Å². The molecule has 0 saturated heterocycles. The molecule has 90 valence electrons. The molecule has 0 radical (unpaired) electrons. The van der Waals surface area contributed by atoms with Gasteiger partial charge in [0.05, 0.1) is 0 Å². The fourth-order valence-corrected chi connectivity index (χ4v) is 2.89. The van der Waals surface area contributed by atoms with Gasteiger partial charge in [-0.05, 0) is 39.5 Å². The van der Waals surface area contributed by atoms with E-state index >= 15 is 0 Å². The monoisotopic (exact) mass is 303 g/mol. The third-order valence-corrected chi connectivity index (χ3v) is 3.80. The minimum Gasteiger partial charge on any atom is -0.377 e. The Kier molecular flexibility index (Phi) is 4.44. The van der Waals surface area contributed by atoms with Crippen LogP contribution in [0.15, 0.2) is 24.3 Å². The molecule has 0 bridgehead atoms. The smallest absolute Gasteiger partial charge is 0.174 e. The topological polar surface area (TPSA) is 20.3 Å². The molecule has 0 heterocycles. The molecule has 1 aromatic rings. The van der Waals surface area contributed by atoms with Gasteiger partial charge >= 0.3 is 0 Å². The molecule has 0 spiro atoms. The van der Waals surface area contributed by atoms with Crippen LogP contribution in [0.25, 0.3) is 0 Å². The number of rotatable bonds is 4. The molecular formula is C12H18BrNOS. The van der Waals surface area contributed by atoms with Crippen LogP contribution in [0.5, 0.6) is 0 Å². The normalized spacial score (nSPS) is 12.3. The van der Waals surface area contributed by atoms with Crippen LogP contribution in [0.4, 0.5) is 5.69 Å². The molecule has 0 aliphatic carbocycles. The Bertz CT molecular complexity index is 385. The van der Waals surface area contributed by atoms with Gasteiger partial charge in [-0.1, -0.05) is 12.1 Å². The minimum atomic E-state index is -0.970. The van der Waals surface area contributed by atoms with Crippen LogP contribution in [0.3, 0.4) is 0 Å². The van der Waals surface area contributed by atoms with Gasteiger partial charge in [0.1, 0.15) is 0 Å². The second kappa shape index (κ2) is 5.23. The zero-order valence-electron chi connectivity index (χ0n) is 10.2. The number of Topliss-reactive ketones (excluding diaryl/α,β-unsaturated/α-hetero) is 1. The molecule has 0 atom stereocenters. The number of hydrogen-bond donors (Lipinski definition) is 0. The van der Waals surface area contributed by atoms with Crippen molar-refractivity contribution in [2.24, 2.45) is 0 Å². The van der Waals surface area contributed by atoms with E-state index in [1.165, 1.54) is 0 Å². The number of anilines is 1. The van der Waals surface area contributed by atoms with Crippen LogP contribution in [0.2, 0.25) is 0 Å². The largest absolute Gasteiger partial charge is 0.377 e. The molecule has 0 saturated carbocycles. The molecule has 0 amide bonds. The van der Waals surface area contributed by atoms with Crippen LogP contribution in [0.1, 0.15) is 10.4 Å². The molecule has 0 fully saturated rings. The summed E-state index contributed by atoms with van der Waals surface area (Å²) in [5, 5.41) is 0. The number of benzene rings is 1. The number of para-hydroxylation sites is 1. The average Bonchev–Trinajstić information content (AvgIpc) is 2.15. The molecule has 1 aromatic carbocycles. The maximum absolute atomic E-state index is 12.1. The van der Waals surface area contributed by atoms with Crippen LogP contribution in [-0.2, 0) is 0 Å². The molecule has 16 heavy (non-hydrogen) atoms. The van der Waals surface area contributed by atoms with E-state index in [-0.39, 0.29) is 5.78 Å². The Balaban J connectivity index is 3.00. The highest BCUT2D eigenvalue weighted by Crippen LogP contribution is 2.48. The molecular weight excluding hydrogens is 286 g/mol. The minimum absolute atomic E-state index is 0.209. The third kappa shape index (κ3) is 3.83. The molecule has 0 aliphatic rings. The Hall–Kier alpha value is -0.480. The Morgan fingerprint density at radius 3 is 2.38 bits per heavy atom. The molecule has 0 aromatic heterocycles. The van der Waals surface area contributed by atoms with Crippen molar-refractivity contribution in [1.82, 2.24) is 0 Å². The Morgan fingerprint density at radius 1 is 1.31 bits per heavy atom. The van der Waals surface area contributed by atoms with Gasteiger partial charge in [-0.3, -0.25) is 4.79 Å². The van der Waals surface area contributed by atoms with E-state index in [0.29, 0.717) is 5.75 Å². The average molecular weight is 304 g/mol. The first-order chi connectivity index (χ1) is 7.31. The van der Waals surface area contributed by atoms with Gasteiger partial charge in [-0.2, -0.15) is 8.46 Å². The molecule has 0 unspecified atom stereocenters. The summed E-state index contributed by atoms with van der Waals surface area (Å²) >= 11 is 3.59. The van der Waals surface area contributed by atoms with Gasteiger partial charge in [-0.15, -0.1) is 0 Å². The van der Waals surface area contributed by atoms with Crippen molar-refractivity contribution in [3.8, 4) is 0 Å². The number of ketones is 1. The molecule has 2 nitrogen and oxygen atoms in total. The Labute approximate surface area is 107 Å². The second-order valence-electron chi connectivity index (χ2n) is 4.38. The number of carbonyl (C=O) groups is 1. The van der Waals surface area contributed by atoms with Crippen molar-refractivity contribution in [1.29, 1.82) is 0 Å². The maximum Gasteiger partial charge on any atom is 0.174 e. The first kappa shape index (κ1) is 13.6. The summed E-state index contributed by atoms with van der Waals surface area (Å²) in [5.74, 6) is 0.791. The fraction of sp³-hybridized carbons (Fsp3) is 0.417. The van der Waals surface area contributed by atoms with Crippen LogP contribution in [0, 0.1) is 0 Å². The highest BCUT2D eigenvalue weighted by atomic mass is 79.9. The fourth-order valence-electron chi connectivity index (χ4n) is 1.49. The summed E-state index contributed by atoms with van der Waals surface area (Å²) < 4.78 is 0. The Morgan fingerprint density at radius 2 is 1.88 bits per heavy atom. The molecule has 0 N–H and O–H groups in total. The maximum atomic E-state index is 12.1. The van der Waals surface area contributed by atoms with Crippen LogP contribution >= 0.6 is 23.3 Å². The zero-order valence-corrected chi connectivity index (χ0v) is 12.6. The number of halogens is 1. The highest BCUT2D eigenvalue weighted by molar-refractivity contribution is 9.58. The van der Waals surface area contributed by atoms with E-state index in [9.17, 15) is 4.79 Å². The van der Waals surface area contributed by atoms with Crippen LogP contribution < -0.4 is 4.90 Å². The standard InChI is InChI=1S/C12H18BrNOS/c1-14(2)11-8-6-5-7-10(11)12(15)9-16(3,4)13/h5-8H,9H2,1-4H3. The van der Waals surface area contributed by atoms with Crippen molar-refractivity contribution < 1.29 is 4.79 Å². The van der Waals surface area contributed by atoms with Gasteiger partial charge in [-0.25, -0.2) is 0 Å². The summed E-state index contributed by atoms with van der Waals surface area (Å²) in [6.45, 7) is 0. The van der Waals surface area contributed by atoms with Gasteiger partial charge < -0.3 is 4.90 Å². The predicted octanol–water partition coefficient (Wildman–Crippen LogP) is 3.31. The van der Waals surface area contributed by atoms with E-state index < -0.39 is 8.46 Å². The van der Waals surface area contributed by atoms with E-state index in [2.05, 4.69) is 27.3 Å². The van der Waals surface area contributed by atoms with Gasteiger partial charge in [0, 0.05) is 31.1 Å². The summed E-state index contributed by atoms with van der Waals surface area (Å²) in [4.78, 5) is 14.1. The molecule has 4 heteroatoms. The number of nitrogens with zero attached hydrogens (tertiary/aromatic N) is 1. The highest BCUT2D eigenvalue weighted by Gasteiger charge is 2.17. The lowest BCUT2D eigenvalue weighted by Gasteiger charge is -2.23. The lowest BCUT2D eigenvalue weighted by molar-refractivity contribution is 0.102. The van der Waals surface area contributed by atoms with Gasteiger partial charge in [0.25, 0.3) is 0 Å². The third-order valence-electron chi connectivity index (χ3n) is 2.16. The van der Waals surface area contributed by atoms with Crippen molar-refractivity contribution in [3.05, 3.63) is 29.8 Å². The zero-order chi connectivity index (χ0) is 12.3. The molecule has 1 rings (SSSR count). The van der Waals surface area contributed by atoms with E-state index in [1.807, 2.05) is 43.3 Å². The van der Waals surface area contributed by atoms with Crippen molar-refractivity contribution in [2.45, 2.75) is 0 Å². The quantitative estimate of drug-likeness (QED) is 0.795. The van der Waals surface area contributed by atoms with Crippen molar-refractivity contribution >= 4 is 34.7 Å². The molecule has 0 aliphatic heterocycles. The summed E-state index contributed by atoms with van der Waals surface area (Å²) in [6, 6.07) is 7.74. The van der Waals surface area contributed by atoms with Crippen molar-refractivity contribution in [3.63, 3.8) is 0 Å². The summed E-state index contributed by atoms with van der Waals surface area (Å²) in [5.41, 5.74) is 1.80. The number of hydrogen-bond acceptors (Lipinski definition) is 2.